The van der Waals surface area contributed by atoms with Gasteiger partial charge >= 0.3 is 0 Å². The van der Waals surface area contributed by atoms with Crippen molar-refractivity contribution in [1.82, 2.24) is 9.55 Å². The highest BCUT2D eigenvalue weighted by Gasteiger charge is 2.35. The second kappa shape index (κ2) is 10.1. The van der Waals surface area contributed by atoms with Gasteiger partial charge in [0.05, 0.1) is 28.4 Å². The number of para-hydroxylation sites is 3. The molecule has 5 rings (SSSR count). The molecule has 4 aromatic rings. The molecular formula is C29H30ClN3O2. The van der Waals surface area contributed by atoms with Gasteiger partial charge in [0.15, 0.2) is 0 Å². The van der Waals surface area contributed by atoms with Crippen LogP contribution in [0.5, 0.6) is 5.75 Å². The fourth-order valence-corrected chi connectivity index (χ4v) is 5.18. The molecule has 0 radical (unpaired) electrons. The molecule has 1 amide bonds. The molecule has 3 aromatic carbocycles. The summed E-state index contributed by atoms with van der Waals surface area (Å²) in [4.78, 5) is 19.7. The highest BCUT2D eigenvalue weighted by atomic mass is 35.5. The number of unbranched alkanes of at least 4 members (excludes halogenated alkanes) is 1. The molecule has 1 atom stereocenters. The Balaban J connectivity index is 1.30. The van der Waals surface area contributed by atoms with E-state index in [1.807, 2.05) is 48.5 Å². The van der Waals surface area contributed by atoms with E-state index in [1.165, 1.54) is 11.1 Å². The van der Waals surface area contributed by atoms with E-state index in [2.05, 4.69) is 36.6 Å². The Labute approximate surface area is 211 Å². The number of anilines is 1. The lowest BCUT2D eigenvalue weighted by molar-refractivity contribution is -0.117. The second-order valence-electron chi connectivity index (χ2n) is 9.29. The number of hydrogen-bond donors (Lipinski definition) is 0. The van der Waals surface area contributed by atoms with Gasteiger partial charge in [0.1, 0.15) is 11.6 Å². The van der Waals surface area contributed by atoms with Gasteiger partial charge in [0.25, 0.3) is 0 Å². The number of imidazole rings is 1. The van der Waals surface area contributed by atoms with Gasteiger partial charge < -0.3 is 14.2 Å². The Morgan fingerprint density at radius 3 is 2.66 bits per heavy atom. The first kappa shape index (κ1) is 23.4. The summed E-state index contributed by atoms with van der Waals surface area (Å²) in [6.07, 6.45) is 2.34. The number of carbonyl (C=O) groups is 1. The SMILES string of the molecule is Cc1ccc(OCCCCn2c(C3CC(=O)N(c4ccccc4Cl)C3)nc3ccccc32)c(C)c1. The van der Waals surface area contributed by atoms with E-state index in [9.17, 15) is 4.79 Å². The molecule has 1 aromatic heterocycles. The first-order valence-electron chi connectivity index (χ1n) is 12.2. The van der Waals surface area contributed by atoms with Crippen molar-refractivity contribution < 1.29 is 9.53 Å². The monoisotopic (exact) mass is 487 g/mol. The summed E-state index contributed by atoms with van der Waals surface area (Å²) in [7, 11) is 0. The normalized spacial score (nSPS) is 15.8. The predicted molar refractivity (Wildman–Crippen MR) is 142 cm³/mol. The number of nitrogens with zero attached hydrogens (tertiary/aromatic N) is 3. The van der Waals surface area contributed by atoms with Gasteiger partial charge in [-0.05, 0) is 62.6 Å². The highest BCUT2D eigenvalue weighted by molar-refractivity contribution is 6.33. The van der Waals surface area contributed by atoms with E-state index in [1.54, 1.807) is 4.90 Å². The minimum absolute atomic E-state index is 0.0256. The smallest absolute Gasteiger partial charge is 0.227 e. The average Bonchev–Trinajstić information content (AvgIpc) is 3.41. The number of hydrogen-bond acceptors (Lipinski definition) is 3. The van der Waals surface area contributed by atoms with Gasteiger partial charge in [0.2, 0.25) is 5.91 Å². The predicted octanol–water partition coefficient (Wildman–Crippen LogP) is 6.69. The summed E-state index contributed by atoms with van der Waals surface area (Å²) in [6.45, 7) is 6.27. The van der Waals surface area contributed by atoms with Crippen LogP contribution in [-0.4, -0.2) is 28.6 Å². The topological polar surface area (TPSA) is 47.4 Å². The van der Waals surface area contributed by atoms with Crippen LogP contribution in [0.4, 0.5) is 5.69 Å². The van der Waals surface area contributed by atoms with Crippen LogP contribution in [0, 0.1) is 13.8 Å². The molecule has 0 N–H and O–H groups in total. The van der Waals surface area contributed by atoms with Gasteiger partial charge in [-0.25, -0.2) is 4.98 Å². The third-order valence-electron chi connectivity index (χ3n) is 6.68. The number of ether oxygens (including phenoxy) is 1. The zero-order valence-corrected chi connectivity index (χ0v) is 21.0. The van der Waals surface area contributed by atoms with E-state index in [4.69, 9.17) is 21.3 Å². The molecule has 0 saturated carbocycles. The van der Waals surface area contributed by atoms with Crippen LogP contribution in [0.3, 0.4) is 0 Å². The van der Waals surface area contributed by atoms with Crippen LogP contribution < -0.4 is 9.64 Å². The van der Waals surface area contributed by atoms with Gasteiger partial charge in [0, 0.05) is 25.4 Å². The first-order valence-corrected chi connectivity index (χ1v) is 12.6. The minimum atomic E-state index is 0.0256. The van der Waals surface area contributed by atoms with Crippen LogP contribution in [0.1, 0.15) is 42.1 Å². The quantitative estimate of drug-likeness (QED) is 0.260. The minimum Gasteiger partial charge on any atom is -0.493 e. The van der Waals surface area contributed by atoms with E-state index >= 15 is 0 Å². The Kier molecular flexibility index (Phi) is 6.78. The van der Waals surface area contributed by atoms with Gasteiger partial charge in [-0.15, -0.1) is 0 Å². The van der Waals surface area contributed by atoms with Crippen molar-refractivity contribution in [3.63, 3.8) is 0 Å². The van der Waals surface area contributed by atoms with Crippen molar-refractivity contribution in [2.45, 2.75) is 45.6 Å². The van der Waals surface area contributed by atoms with Crippen LogP contribution in [-0.2, 0) is 11.3 Å². The fraction of sp³-hybridized carbons (Fsp3) is 0.310. The summed E-state index contributed by atoms with van der Waals surface area (Å²) in [5.41, 5.74) is 5.27. The molecule has 180 valence electrons. The molecule has 1 unspecified atom stereocenters. The lowest BCUT2D eigenvalue weighted by Crippen LogP contribution is -2.24. The number of aryl methyl sites for hydroxylation is 3. The van der Waals surface area contributed by atoms with Crippen LogP contribution in [0.25, 0.3) is 11.0 Å². The number of carbonyl (C=O) groups excluding carboxylic acids is 1. The lowest BCUT2D eigenvalue weighted by Gasteiger charge is -2.18. The zero-order valence-electron chi connectivity index (χ0n) is 20.2. The van der Waals surface area contributed by atoms with Crippen LogP contribution >= 0.6 is 11.6 Å². The van der Waals surface area contributed by atoms with E-state index < -0.39 is 0 Å². The summed E-state index contributed by atoms with van der Waals surface area (Å²) >= 11 is 6.39. The van der Waals surface area contributed by atoms with Crippen molar-refractivity contribution in [3.8, 4) is 5.75 Å². The number of aromatic nitrogens is 2. The lowest BCUT2D eigenvalue weighted by atomic mass is 10.1. The molecule has 1 fully saturated rings. The summed E-state index contributed by atoms with van der Waals surface area (Å²) in [6, 6.07) is 22.0. The fourth-order valence-electron chi connectivity index (χ4n) is 4.94. The van der Waals surface area contributed by atoms with Crippen molar-refractivity contribution in [3.05, 3.63) is 88.7 Å². The van der Waals surface area contributed by atoms with Gasteiger partial charge in [-0.3, -0.25) is 4.79 Å². The standard InChI is InChI=1S/C29H30ClN3O2/c1-20-13-14-27(21(2)17-20)35-16-8-7-15-32-26-12-6-4-10-24(26)31-29(32)22-18-28(34)33(19-22)25-11-5-3-9-23(25)30/h3-6,9-14,17,22H,7-8,15-16,18-19H2,1-2H3. The Morgan fingerprint density at radius 2 is 1.83 bits per heavy atom. The molecule has 5 nitrogen and oxygen atoms in total. The number of fused-ring (bicyclic) bond motifs is 1. The molecule has 1 aliphatic heterocycles. The van der Waals surface area contributed by atoms with Crippen molar-refractivity contribution in [2.75, 3.05) is 18.1 Å². The van der Waals surface area contributed by atoms with Crippen molar-refractivity contribution in [1.29, 1.82) is 0 Å². The molecule has 1 saturated heterocycles. The van der Waals surface area contributed by atoms with Crippen LogP contribution in [0.15, 0.2) is 66.7 Å². The van der Waals surface area contributed by atoms with E-state index in [0.717, 1.165) is 47.7 Å². The van der Waals surface area contributed by atoms with Gasteiger partial charge in [-0.1, -0.05) is 53.6 Å². The molecule has 6 heteroatoms. The summed E-state index contributed by atoms with van der Waals surface area (Å²) in [5, 5.41) is 0.596. The first-order chi connectivity index (χ1) is 17.0. The third kappa shape index (κ3) is 4.92. The van der Waals surface area contributed by atoms with Crippen LogP contribution in [0.2, 0.25) is 5.02 Å². The molecule has 1 aliphatic rings. The number of rotatable bonds is 8. The largest absolute Gasteiger partial charge is 0.493 e. The summed E-state index contributed by atoms with van der Waals surface area (Å²) < 4.78 is 8.32. The number of benzene rings is 3. The molecule has 35 heavy (non-hydrogen) atoms. The number of amides is 1. The van der Waals surface area contributed by atoms with E-state index in [-0.39, 0.29) is 11.8 Å². The Morgan fingerprint density at radius 1 is 1.03 bits per heavy atom. The average molecular weight is 488 g/mol. The van der Waals surface area contributed by atoms with Gasteiger partial charge in [-0.2, -0.15) is 0 Å². The molecule has 0 spiro atoms. The maximum absolute atomic E-state index is 12.9. The number of halogens is 1. The summed E-state index contributed by atoms with van der Waals surface area (Å²) in [5.74, 6) is 2.04. The van der Waals surface area contributed by atoms with Crippen molar-refractivity contribution >= 4 is 34.2 Å². The Hall–Kier alpha value is -3.31. The zero-order chi connectivity index (χ0) is 24.4. The highest BCUT2D eigenvalue weighted by Crippen LogP contribution is 2.36. The molecule has 0 aliphatic carbocycles. The second-order valence-corrected chi connectivity index (χ2v) is 9.70. The maximum Gasteiger partial charge on any atom is 0.227 e. The van der Waals surface area contributed by atoms with Crippen molar-refractivity contribution in [2.24, 2.45) is 0 Å². The molecule has 2 heterocycles. The van der Waals surface area contributed by atoms with E-state index in [0.29, 0.717) is 24.6 Å². The third-order valence-corrected chi connectivity index (χ3v) is 7.00. The molecule has 0 bridgehead atoms. The maximum atomic E-state index is 12.9. The Bertz CT molecular complexity index is 1360. The molecular weight excluding hydrogens is 458 g/mol.